The van der Waals surface area contributed by atoms with Gasteiger partial charge in [-0.3, -0.25) is 14.6 Å². The molecule has 3 heterocycles. The number of nitrogens with one attached hydrogen (secondary N) is 1. The van der Waals surface area contributed by atoms with Crippen molar-refractivity contribution < 1.29 is 9.53 Å². The van der Waals surface area contributed by atoms with Crippen LogP contribution in [0.1, 0.15) is 16.8 Å². The number of carbonyl (C=O) groups is 1. The molecule has 1 amide bonds. The van der Waals surface area contributed by atoms with Gasteiger partial charge in [-0.05, 0) is 30.7 Å². The predicted molar refractivity (Wildman–Crippen MR) is 113 cm³/mol. The number of rotatable bonds is 7. The van der Waals surface area contributed by atoms with E-state index in [-0.39, 0.29) is 11.5 Å². The highest BCUT2D eigenvalue weighted by Crippen LogP contribution is 2.23. The van der Waals surface area contributed by atoms with Crippen LogP contribution in [-0.2, 0) is 11.3 Å². The molecule has 2 aromatic rings. The lowest BCUT2D eigenvalue weighted by Crippen LogP contribution is -2.18. The largest absolute Gasteiger partial charge is 0.385 e. The fourth-order valence-electron chi connectivity index (χ4n) is 3.23. The fraction of sp³-hybridized carbons (Fsp3) is 0.182. The summed E-state index contributed by atoms with van der Waals surface area (Å²) in [5.41, 5.74) is 2.00. The van der Waals surface area contributed by atoms with Gasteiger partial charge in [0.15, 0.2) is 0 Å². The third-order valence-electron chi connectivity index (χ3n) is 4.65. The molecule has 4 rings (SSSR count). The van der Waals surface area contributed by atoms with Crippen LogP contribution in [0.5, 0.6) is 0 Å². The quantitative estimate of drug-likeness (QED) is 0.479. The highest BCUT2D eigenvalue weighted by Gasteiger charge is 2.24. The zero-order valence-corrected chi connectivity index (χ0v) is 16.5. The zero-order chi connectivity index (χ0) is 20.9. The molecule has 152 valence electrons. The van der Waals surface area contributed by atoms with E-state index < -0.39 is 0 Å². The molecule has 0 saturated carbocycles. The van der Waals surface area contributed by atoms with Crippen LogP contribution in [0.15, 0.2) is 72.0 Å². The summed E-state index contributed by atoms with van der Waals surface area (Å²) in [6, 6.07) is 12.6. The Morgan fingerprint density at radius 1 is 1.13 bits per heavy atom. The number of para-hydroxylation sites is 1. The van der Waals surface area contributed by atoms with Crippen molar-refractivity contribution in [3.05, 3.63) is 83.2 Å². The molecule has 1 aromatic heterocycles. The lowest BCUT2D eigenvalue weighted by molar-refractivity contribution is 0.102. The molecule has 0 bridgehead atoms. The Hall–Kier alpha value is -3.78. The molecule has 8 nitrogen and oxygen atoms in total. The topological polar surface area (TPSA) is 91.0 Å². The third kappa shape index (κ3) is 3.99. The number of benzene rings is 1. The van der Waals surface area contributed by atoms with Crippen LogP contribution in [0.4, 0.5) is 5.69 Å². The molecule has 8 heteroatoms. The van der Waals surface area contributed by atoms with E-state index in [0.717, 1.165) is 6.42 Å². The minimum atomic E-state index is -0.355. The number of anilines is 1. The van der Waals surface area contributed by atoms with E-state index in [2.05, 4.69) is 15.4 Å². The van der Waals surface area contributed by atoms with Crippen LogP contribution in [0.3, 0.4) is 0 Å². The van der Waals surface area contributed by atoms with Gasteiger partial charge in [0, 0.05) is 38.9 Å². The summed E-state index contributed by atoms with van der Waals surface area (Å²) in [6.45, 7) is 1.18. The number of ether oxygens (including phenoxy) is 1. The molecule has 2 aliphatic rings. The maximum Gasteiger partial charge on any atom is 0.282 e. The number of hydrogen-bond donors (Lipinski definition) is 1. The average molecular weight is 403 g/mol. The minimum Gasteiger partial charge on any atom is -0.385 e. The first-order chi connectivity index (χ1) is 14.7. The third-order valence-corrected chi connectivity index (χ3v) is 4.65. The van der Waals surface area contributed by atoms with Crippen molar-refractivity contribution >= 4 is 11.6 Å². The van der Waals surface area contributed by atoms with Crippen molar-refractivity contribution in [2.75, 3.05) is 19.0 Å². The SMILES string of the molecule is COCCCn1cc(C(=O)Nc2cccnc2)c2nn(-c3ccccc3)c(=O)c-2c1. The van der Waals surface area contributed by atoms with Crippen molar-refractivity contribution in [1.82, 2.24) is 19.3 Å². The molecule has 0 unspecified atom stereocenters. The lowest BCUT2D eigenvalue weighted by Gasteiger charge is -2.12. The molecule has 0 spiro atoms. The molecule has 1 N–H and O–H groups in total. The number of pyridine rings is 2. The molecule has 30 heavy (non-hydrogen) atoms. The second-order valence-electron chi connectivity index (χ2n) is 6.77. The summed E-state index contributed by atoms with van der Waals surface area (Å²) in [4.78, 5) is 30.1. The highest BCUT2D eigenvalue weighted by atomic mass is 16.5. The molecule has 2 aliphatic heterocycles. The van der Waals surface area contributed by atoms with Gasteiger partial charge in [0.2, 0.25) is 0 Å². The average Bonchev–Trinajstić information content (AvgIpc) is 3.11. The Kier molecular flexibility index (Phi) is 5.67. The summed E-state index contributed by atoms with van der Waals surface area (Å²) >= 11 is 0. The molecule has 0 saturated heterocycles. The van der Waals surface area contributed by atoms with E-state index in [4.69, 9.17) is 4.74 Å². The number of aryl methyl sites for hydroxylation is 1. The summed E-state index contributed by atoms with van der Waals surface area (Å²) < 4.78 is 8.27. The first-order valence-corrected chi connectivity index (χ1v) is 9.56. The van der Waals surface area contributed by atoms with E-state index in [1.54, 1.807) is 56.2 Å². The van der Waals surface area contributed by atoms with Gasteiger partial charge in [-0.15, -0.1) is 0 Å². The van der Waals surface area contributed by atoms with Crippen molar-refractivity contribution in [2.45, 2.75) is 13.0 Å². The molecule has 1 aromatic carbocycles. The fourth-order valence-corrected chi connectivity index (χ4v) is 3.23. The van der Waals surface area contributed by atoms with Crippen LogP contribution < -0.4 is 10.9 Å². The first-order valence-electron chi connectivity index (χ1n) is 9.56. The summed E-state index contributed by atoms with van der Waals surface area (Å²) in [7, 11) is 1.64. The van der Waals surface area contributed by atoms with Crippen LogP contribution >= 0.6 is 0 Å². The molecular weight excluding hydrogens is 382 g/mol. The van der Waals surface area contributed by atoms with Crippen molar-refractivity contribution in [3.63, 3.8) is 0 Å². The Balaban J connectivity index is 1.80. The monoisotopic (exact) mass is 403 g/mol. The van der Waals surface area contributed by atoms with Gasteiger partial charge in [0.05, 0.1) is 28.7 Å². The van der Waals surface area contributed by atoms with Crippen molar-refractivity contribution in [2.24, 2.45) is 0 Å². The number of methoxy groups -OCH3 is 1. The van der Waals surface area contributed by atoms with Gasteiger partial charge in [-0.1, -0.05) is 18.2 Å². The molecular formula is C22H21N5O3. The number of amides is 1. The maximum absolute atomic E-state index is 13.1. The molecule has 0 fully saturated rings. The van der Waals surface area contributed by atoms with E-state index >= 15 is 0 Å². The van der Waals surface area contributed by atoms with E-state index in [0.29, 0.717) is 41.3 Å². The van der Waals surface area contributed by atoms with Crippen molar-refractivity contribution in [1.29, 1.82) is 0 Å². The van der Waals surface area contributed by atoms with Gasteiger partial charge >= 0.3 is 0 Å². The predicted octanol–water partition coefficient (Wildman–Crippen LogP) is 2.82. The number of aromatic nitrogens is 4. The minimum absolute atomic E-state index is 0.271. The maximum atomic E-state index is 13.1. The van der Waals surface area contributed by atoms with Crippen LogP contribution in [0.25, 0.3) is 16.9 Å². The Labute approximate surface area is 173 Å². The summed E-state index contributed by atoms with van der Waals surface area (Å²) in [5.74, 6) is -0.355. The number of carbonyl (C=O) groups excluding carboxylic acids is 1. The van der Waals surface area contributed by atoms with Gasteiger partial charge in [-0.2, -0.15) is 9.78 Å². The Bertz CT molecular complexity index is 1170. The number of nitrogens with zero attached hydrogens (tertiary/aromatic N) is 4. The molecule has 0 atom stereocenters. The number of fused-ring (bicyclic) bond motifs is 1. The Morgan fingerprint density at radius 3 is 2.70 bits per heavy atom. The smallest absolute Gasteiger partial charge is 0.282 e. The molecule has 0 radical (unpaired) electrons. The number of hydrogen-bond acceptors (Lipinski definition) is 5. The van der Waals surface area contributed by atoms with Gasteiger partial charge in [0.25, 0.3) is 11.5 Å². The lowest BCUT2D eigenvalue weighted by atomic mass is 10.1. The van der Waals surface area contributed by atoms with Crippen molar-refractivity contribution in [3.8, 4) is 16.9 Å². The zero-order valence-electron chi connectivity index (χ0n) is 16.5. The van der Waals surface area contributed by atoms with Gasteiger partial charge in [0.1, 0.15) is 5.69 Å². The standard InChI is InChI=1S/C22H21N5O3/c1-30-12-6-11-26-14-18(21(28)24-16-7-5-10-23-13-16)20-19(15-26)22(29)27(25-20)17-8-3-2-4-9-17/h2-5,7-10,13-15H,6,11-12H2,1H3,(H,24,28). The van der Waals surface area contributed by atoms with Gasteiger partial charge in [-0.25, -0.2) is 0 Å². The van der Waals surface area contributed by atoms with E-state index in [1.807, 2.05) is 22.8 Å². The van der Waals surface area contributed by atoms with E-state index in [9.17, 15) is 9.59 Å². The molecule has 0 aliphatic carbocycles. The first kappa shape index (κ1) is 19.5. The second-order valence-corrected chi connectivity index (χ2v) is 6.77. The highest BCUT2D eigenvalue weighted by molar-refractivity contribution is 6.08. The van der Waals surface area contributed by atoms with E-state index in [1.165, 1.54) is 4.68 Å². The van der Waals surface area contributed by atoms with Crippen LogP contribution in [-0.4, -0.2) is 39.0 Å². The van der Waals surface area contributed by atoms with Crippen LogP contribution in [0.2, 0.25) is 0 Å². The second kappa shape index (κ2) is 8.71. The normalized spacial score (nSPS) is 11.0. The Morgan fingerprint density at radius 2 is 1.97 bits per heavy atom. The van der Waals surface area contributed by atoms with Gasteiger partial charge < -0.3 is 14.6 Å². The summed E-state index contributed by atoms with van der Waals surface area (Å²) in [5, 5.41) is 7.29. The summed E-state index contributed by atoms with van der Waals surface area (Å²) in [6.07, 6.45) is 7.39. The van der Waals surface area contributed by atoms with Crippen LogP contribution in [0, 0.1) is 0 Å².